The first kappa shape index (κ1) is 18.9. The maximum Gasteiger partial charge on any atom is 0.318 e. The van der Waals surface area contributed by atoms with Gasteiger partial charge in [-0.05, 0) is 48.0 Å². The molecule has 2 aromatic carbocycles. The van der Waals surface area contributed by atoms with Crippen molar-refractivity contribution in [3.8, 4) is 5.75 Å². The topological polar surface area (TPSA) is 92.7 Å². The van der Waals surface area contributed by atoms with Crippen molar-refractivity contribution in [1.82, 2.24) is 4.72 Å². The summed E-state index contributed by atoms with van der Waals surface area (Å²) >= 11 is 6.79. The highest BCUT2D eigenvalue weighted by Gasteiger charge is 2.15. The van der Waals surface area contributed by atoms with E-state index in [1.165, 1.54) is 24.3 Å². The molecule has 6 nitrogen and oxygen atoms in total. The van der Waals surface area contributed by atoms with Gasteiger partial charge in [0.25, 0.3) is 0 Å². The minimum Gasteiger partial charge on any atom is -0.489 e. The van der Waals surface area contributed by atoms with E-state index >= 15 is 0 Å². The Morgan fingerprint density at radius 1 is 1.08 bits per heavy atom. The minimum atomic E-state index is -3.85. The van der Waals surface area contributed by atoms with E-state index in [1.54, 1.807) is 0 Å². The lowest BCUT2D eigenvalue weighted by atomic mass is 10.2. The number of carboxylic acids is 1. The van der Waals surface area contributed by atoms with Crippen molar-refractivity contribution in [2.45, 2.75) is 11.5 Å². The normalized spacial score (nSPS) is 11.2. The van der Waals surface area contributed by atoms with Gasteiger partial charge in [0.15, 0.2) is 0 Å². The van der Waals surface area contributed by atoms with Crippen molar-refractivity contribution in [2.75, 3.05) is 6.54 Å². The fourth-order valence-electron chi connectivity index (χ4n) is 1.82. The van der Waals surface area contributed by atoms with Crippen molar-refractivity contribution in [1.29, 1.82) is 0 Å². The number of aliphatic carboxylic acids is 1. The van der Waals surface area contributed by atoms with Gasteiger partial charge in [-0.15, -0.1) is 0 Å². The molecule has 0 aromatic heterocycles. The van der Waals surface area contributed by atoms with E-state index in [1.807, 2.05) is 22.9 Å². The maximum atomic E-state index is 11.9. The summed E-state index contributed by atoms with van der Waals surface area (Å²) in [4.78, 5) is 10.4. The van der Waals surface area contributed by atoms with E-state index in [-0.39, 0.29) is 4.90 Å². The second kappa shape index (κ2) is 8.11. The Hall–Kier alpha value is -1.42. The summed E-state index contributed by atoms with van der Waals surface area (Å²) in [6, 6.07) is 11.5. The van der Waals surface area contributed by atoms with E-state index in [9.17, 15) is 13.2 Å². The molecule has 0 heterocycles. The summed E-state index contributed by atoms with van der Waals surface area (Å²) in [7, 11) is -3.85. The molecular weight excluding hydrogens is 466 g/mol. The number of nitrogens with one attached hydrogen (secondary N) is 1. The second-order valence-corrected chi connectivity index (χ2v) is 8.35. The van der Waals surface area contributed by atoms with Crippen molar-refractivity contribution >= 4 is 47.9 Å². The standard InChI is InChI=1S/C15H13Br2NO5S/c16-11-5-10(6-12(17)7-11)9-23-13-1-3-14(4-2-13)24(21,22)18-8-15(19)20/h1-7,18H,8-9H2,(H,19,20). The number of hydrogen-bond acceptors (Lipinski definition) is 4. The fraction of sp³-hybridized carbons (Fsp3) is 0.133. The molecule has 0 aliphatic heterocycles. The van der Waals surface area contributed by atoms with Gasteiger partial charge in [0, 0.05) is 8.95 Å². The highest BCUT2D eigenvalue weighted by molar-refractivity contribution is 9.11. The number of benzene rings is 2. The van der Waals surface area contributed by atoms with Crippen LogP contribution in [0.15, 0.2) is 56.3 Å². The maximum absolute atomic E-state index is 11.9. The van der Waals surface area contributed by atoms with E-state index < -0.39 is 22.5 Å². The molecule has 0 spiro atoms. The Balaban J connectivity index is 2.02. The fourth-order valence-corrected chi connectivity index (χ4v) is 4.18. The van der Waals surface area contributed by atoms with E-state index in [4.69, 9.17) is 9.84 Å². The third-order valence-corrected chi connectivity index (χ3v) is 5.21. The molecule has 0 fully saturated rings. The van der Waals surface area contributed by atoms with Crippen LogP contribution in [0.4, 0.5) is 0 Å². The van der Waals surface area contributed by atoms with Crippen LogP contribution < -0.4 is 9.46 Å². The Morgan fingerprint density at radius 2 is 1.67 bits per heavy atom. The van der Waals surface area contributed by atoms with Crippen LogP contribution in [-0.4, -0.2) is 26.0 Å². The zero-order valence-corrected chi connectivity index (χ0v) is 16.2. The first-order chi connectivity index (χ1) is 11.3. The number of hydrogen-bond donors (Lipinski definition) is 2. The molecule has 0 saturated carbocycles. The van der Waals surface area contributed by atoms with Crippen molar-refractivity contribution in [2.24, 2.45) is 0 Å². The van der Waals surface area contributed by atoms with Gasteiger partial charge in [-0.25, -0.2) is 8.42 Å². The average Bonchev–Trinajstić information content (AvgIpc) is 2.51. The Kier molecular flexibility index (Phi) is 6.39. The lowest BCUT2D eigenvalue weighted by Crippen LogP contribution is -2.29. The van der Waals surface area contributed by atoms with Gasteiger partial charge < -0.3 is 9.84 Å². The Bertz CT molecular complexity index is 817. The van der Waals surface area contributed by atoms with Crippen molar-refractivity contribution in [3.05, 3.63) is 57.0 Å². The van der Waals surface area contributed by atoms with Crippen LogP contribution in [-0.2, 0) is 21.4 Å². The summed E-state index contributed by atoms with van der Waals surface area (Å²) in [6.45, 7) is -0.347. The average molecular weight is 479 g/mol. The monoisotopic (exact) mass is 477 g/mol. The van der Waals surface area contributed by atoms with Gasteiger partial charge in [-0.2, -0.15) is 4.72 Å². The highest BCUT2D eigenvalue weighted by atomic mass is 79.9. The van der Waals surface area contributed by atoms with Gasteiger partial charge in [-0.3, -0.25) is 4.79 Å². The minimum absolute atomic E-state index is 0.0266. The van der Waals surface area contributed by atoms with E-state index in [0.29, 0.717) is 12.4 Å². The first-order valence-corrected chi connectivity index (χ1v) is 9.72. The SMILES string of the molecule is O=C(O)CNS(=O)(=O)c1ccc(OCc2cc(Br)cc(Br)c2)cc1. The predicted molar refractivity (Wildman–Crippen MR) is 95.4 cm³/mol. The predicted octanol–water partition coefficient (Wildman–Crippen LogP) is 3.15. The van der Waals surface area contributed by atoms with Gasteiger partial charge in [0.2, 0.25) is 10.0 Å². The molecule has 2 rings (SSSR count). The van der Waals surface area contributed by atoms with Crippen molar-refractivity contribution in [3.63, 3.8) is 0 Å². The van der Waals surface area contributed by atoms with Crippen LogP contribution in [0.2, 0.25) is 0 Å². The zero-order valence-electron chi connectivity index (χ0n) is 12.2. The van der Waals surface area contributed by atoms with Crippen LogP contribution in [0.1, 0.15) is 5.56 Å². The molecule has 0 saturated heterocycles. The third kappa shape index (κ3) is 5.59. The van der Waals surface area contributed by atoms with E-state index in [0.717, 1.165) is 14.5 Å². The molecular formula is C15H13Br2NO5S. The highest BCUT2D eigenvalue weighted by Crippen LogP contribution is 2.22. The Labute approximate surface area is 156 Å². The first-order valence-electron chi connectivity index (χ1n) is 6.65. The summed E-state index contributed by atoms with van der Waals surface area (Å²) in [6.07, 6.45) is 0. The van der Waals surface area contributed by atoms with Crippen LogP contribution in [0, 0.1) is 0 Å². The zero-order chi connectivity index (χ0) is 17.7. The number of rotatable bonds is 7. The third-order valence-electron chi connectivity index (χ3n) is 2.88. The summed E-state index contributed by atoms with van der Waals surface area (Å²) in [5.74, 6) is -0.748. The molecule has 0 amide bonds. The van der Waals surface area contributed by atoms with Gasteiger partial charge in [0.1, 0.15) is 18.9 Å². The lowest BCUT2D eigenvalue weighted by molar-refractivity contribution is -0.135. The summed E-state index contributed by atoms with van der Waals surface area (Å²) < 4.78 is 33.2. The van der Waals surface area contributed by atoms with Gasteiger partial charge in [-0.1, -0.05) is 31.9 Å². The molecule has 9 heteroatoms. The van der Waals surface area contributed by atoms with E-state index in [2.05, 4.69) is 31.9 Å². The molecule has 128 valence electrons. The molecule has 2 aromatic rings. The lowest BCUT2D eigenvalue weighted by Gasteiger charge is -2.09. The van der Waals surface area contributed by atoms with Gasteiger partial charge in [0.05, 0.1) is 4.90 Å². The van der Waals surface area contributed by atoms with Crippen LogP contribution in [0.25, 0.3) is 0 Å². The van der Waals surface area contributed by atoms with Crippen LogP contribution >= 0.6 is 31.9 Å². The second-order valence-electron chi connectivity index (χ2n) is 4.76. The molecule has 24 heavy (non-hydrogen) atoms. The summed E-state index contributed by atoms with van der Waals surface area (Å²) in [5.41, 5.74) is 0.941. The molecule has 0 aliphatic carbocycles. The number of carboxylic acid groups (broad SMARTS) is 1. The van der Waals surface area contributed by atoms with Gasteiger partial charge >= 0.3 is 5.97 Å². The molecule has 0 atom stereocenters. The van der Waals surface area contributed by atoms with Crippen LogP contribution in [0.3, 0.4) is 0 Å². The molecule has 0 aliphatic rings. The molecule has 0 radical (unpaired) electrons. The molecule has 0 bridgehead atoms. The number of ether oxygens (including phenoxy) is 1. The largest absolute Gasteiger partial charge is 0.489 e. The Morgan fingerprint density at radius 3 is 2.21 bits per heavy atom. The summed E-state index contributed by atoms with van der Waals surface area (Å²) in [5, 5.41) is 8.53. The molecule has 0 unspecified atom stereocenters. The van der Waals surface area contributed by atoms with Crippen LogP contribution in [0.5, 0.6) is 5.75 Å². The number of halogens is 2. The number of carbonyl (C=O) groups is 1. The number of sulfonamides is 1. The quantitative estimate of drug-likeness (QED) is 0.637. The van der Waals surface area contributed by atoms with Crippen molar-refractivity contribution < 1.29 is 23.1 Å². The smallest absolute Gasteiger partial charge is 0.318 e. The molecule has 2 N–H and O–H groups in total.